The predicted octanol–water partition coefficient (Wildman–Crippen LogP) is 3.00. The Bertz CT molecular complexity index is 383. The van der Waals surface area contributed by atoms with Crippen LogP contribution < -0.4 is 11.3 Å². The third-order valence-electron chi connectivity index (χ3n) is 5.05. The molecule has 3 N–H and O–H groups in total. The summed E-state index contributed by atoms with van der Waals surface area (Å²) in [7, 11) is 0. The van der Waals surface area contributed by atoms with Gasteiger partial charge in [-0.15, -0.1) is 0 Å². The Kier molecular flexibility index (Phi) is 5.58. The Morgan fingerprint density at radius 3 is 2.50 bits per heavy atom. The third-order valence-corrected chi connectivity index (χ3v) is 5.05. The monoisotopic (exact) mass is 276 g/mol. The quantitative estimate of drug-likeness (QED) is 0.620. The average Bonchev–Trinajstić information content (AvgIpc) is 2.54. The van der Waals surface area contributed by atoms with Crippen molar-refractivity contribution in [3.05, 3.63) is 35.9 Å². The van der Waals surface area contributed by atoms with E-state index >= 15 is 0 Å². The maximum Gasteiger partial charge on any atom is 0.0510 e. The number of hydrogen-bond donors (Lipinski definition) is 2. The normalized spacial score (nSPS) is 21.6. The minimum atomic E-state index is 0.0847. The van der Waals surface area contributed by atoms with Crippen LogP contribution >= 0.6 is 0 Å². The van der Waals surface area contributed by atoms with Crippen LogP contribution in [0.4, 0.5) is 0 Å². The van der Waals surface area contributed by atoms with Crippen molar-refractivity contribution < 1.29 is 4.74 Å². The first kappa shape index (κ1) is 15.5. The molecular formula is C17H28N2O. The standard InChI is InChI=1S/C17H28N2O/c1-3-17(4-2,15-10-6-5-7-11-15)16(19-18)14-9-8-12-20-13-14/h5-7,10-11,14,16,19H,3-4,8-9,12-13,18H2,1-2H3. The Hall–Kier alpha value is -0.900. The number of benzene rings is 1. The molecule has 1 aromatic carbocycles. The van der Waals surface area contributed by atoms with Gasteiger partial charge in [0.1, 0.15) is 0 Å². The van der Waals surface area contributed by atoms with Crippen LogP contribution in [0.5, 0.6) is 0 Å². The van der Waals surface area contributed by atoms with Crippen molar-refractivity contribution in [1.82, 2.24) is 5.43 Å². The molecule has 0 saturated carbocycles. The molecule has 2 rings (SSSR count). The first-order valence-electron chi connectivity index (χ1n) is 7.88. The molecule has 0 aliphatic carbocycles. The Balaban J connectivity index is 2.33. The summed E-state index contributed by atoms with van der Waals surface area (Å²) in [6, 6.07) is 11.1. The molecule has 3 nitrogen and oxygen atoms in total. The number of nitrogens with two attached hydrogens (primary N) is 1. The molecule has 0 radical (unpaired) electrons. The summed E-state index contributed by atoms with van der Waals surface area (Å²) in [6.45, 7) is 6.25. The molecule has 1 aliphatic rings. The lowest BCUT2D eigenvalue weighted by atomic mass is 9.65. The van der Waals surface area contributed by atoms with Crippen LogP contribution in [0.2, 0.25) is 0 Å². The van der Waals surface area contributed by atoms with Crippen molar-refractivity contribution in [3.8, 4) is 0 Å². The van der Waals surface area contributed by atoms with E-state index < -0.39 is 0 Å². The Morgan fingerprint density at radius 2 is 2.00 bits per heavy atom. The number of hydrazine groups is 1. The maximum atomic E-state index is 5.97. The molecule has 3 heteroatoms. The lowest BCUT2D eigenvalue weighted by Gasteiger charge is -2.45. The molecule has 1 heterocycles. The summed E-state index contributed by atoms with van der Waals surface area (Å²) in [5.74, 6) is 6.47. The molecule has 1 aliphatic heterocycles. The van der Waals surface area contributed by atoms with E-state index in [1.165, 1.54) is 12.0 Å². The first-order chi connectivity index (χ1) is 9.78. The number of rotatable bonds is 6. The molecule has 20 heavy (non-hydrogen) atoms. The molecule has 0 aromatic heterocycles. The highest BCUT2D eigenvalue weighted by Gasteiger charge is 2.41. The van der Waals surface area contributed by atoms with E-state index in [2.05, 4.69) is 49.6 Å². The van der Waals surface area contributed by atoms with Gasteiger partial charge in [0.15, 0.2) is 0 Å². The highest BCUT2D eigenvalue weighted by Crippen LogP contribution is 2.39. The molecule has 112 valence electrons. The topological polar surface area (TPSA) is 47.3 Å². The van der Waals surface area contributed by atoms with Crippen LogP contribution in [0.25, 0.3) is 0 Å². The summed E-state index contributed by atoms with van der Waals surface area (Å²) in [5, 5.41) is 0. The third kappa shape index (κ3) is 2.90. The van der Waals surface area contributed by atoms with Crippen molar-refractivity contribution in [2.75, 3.05) is 13.2 Å². The minimum Gasteiger partial charge on any atom is -0.381 e. The van der Waals surface area contributed by atoms with Crippen molar-refractivity contribution in [1.29, 1.82) is 0 Å². The molecule has 0 amide bonds. The van der Waals surface area contributed by atoms with Crippen molar-refractivity contribution >= 4 is 0 Å². The van der Waals surface area contributed by atoms with Crippen LogP contribution in [0.15, 0.2) is 30.3 Å². The maximum absolute atomic E-state index is 5.97. The van der Waals surface area contributed by atoms with Crippen LogP contribution in [-0.2, 0) is 10.2 Å². The van der Waals surface area contributed by atoms with Crippen LogP contribution in [0.3, 0.4) is 0 Å². The van der Waals surface area contributed by atoms with Gasteiger partial charge >= 0.3 is 0 Å². The molecule has 0 bridgehead atoms. The van der Waals surface area contributed by atoms with E-state index in [0.29, 0.717) is 5.92 Å². The second-order valence-electron chi connectivity index (χ2n) is 5.85. The van der Waals surface area contributed by atoms with E-state index in [4.69, 9.17) is 10.6 Å². The smallest absolute Gasteiger partial charge is 0.0510 e. The second kappa shape index (κ2) is 7.21. The number of ether oxygens (including phenoxy) is 1. The molecule has 2 unspecified atom stereocenters. The minimum absolute atomic E-state index is 0.0847. The summed E-state index contributed by atoms with van der Waals surface area (Å²) in [6.07, 6.45) is 4.50. The van der Waals surface area contributed by atoms with E-state index in [0.717, 1.165) is 32.5 Å². The average molecular weight is 276 g/mol. The fraction of sp³-hybridized carbons (Fsp3) is 0.647. The lowest BCUT2D eigenvalue weighted by molar-refractivity contribution is 0.0212. The zero-order valence-electron chi connectivity index (χ0n) is 12.8. The van der Waals surface area contributed by atoms with Gasteiger partial charge < -0.3 is 4.74 Å². The van der Waals surface area contributed by atoms with E-state index in [1.807, 2.05) is 0 Å². The summed E-state index contributed by atoms with van der Waals surface area (Å²) in [4.78, 5) is 0. The molecular weight excluding hydrogens is 248 g/mol. The zero-order chi connectivity index (χ0) is 14.4. The molecule has 1 saturated heterocycles. The lowest BCUT2D eigenvalue weighted by Crippen LogP contribution is -2.56. The van der Waals surface area contributed by atoms with Gasteiger partial charge in [0, 0.05) is 18.1 Å². The van der Waals surface area contributed by atoms with Crippen LogP contribution in [0, 0.1) is 5.92 Å². The van der Waals surface area contributed by atoms with Gasteiger partial charge in [-0.1, -0.05) is 44.2 Å². The summed E-state index contributed by atoms with van der Waals surface area (Å²) < 4.78 is 5.69. The van der Waals surface area contributed by atoms with Gasteiger partial charge in [0.25, 0.3) is 0 Å². The van der Waals surface area contributed by atoms with Gasteiger partial charge in [0.05, 0.1) is 6.61 Å². The van der Waals surface area contributed by atoms with E-state index in [1.54, 1.807) is 0 Å². The number of hydrogen-bond acceptors (Lipinski definition) is 3. The van der Waals surface area contributed by atoms with E-state index in [-0.39, 0.29) is 11.5 Å². The van der Waals surface area contributed by atoms with Crippen molar-refractivity contribution in [3.63, 3.8) is 0 Å². The summed E-state index contributed by atoms with van der Waals surface area (Å²) >= 11 is 0. The Labute approximate surface area is 122 Å². The molecule has 1 fully saturated rings. The first-order valence-corrected chi connectivity index (χ1v) is 7.88. The van der Waals surface area contributed by atoms with Gasteiger partial charge in [0.2, 0.25) is 0 Å². The van der Waals surface area contributed by atoms with E-state index in [9.17, 15) is 0 Å². The molecule has 0 spiro atoms. The van der Waals surface area contributed by atoms with Gasteiger partial charge in [-0.25, -0.2) is 0 Å². The highest BCUT2D eigenvalue weighted by atomic mass is 16.5. The van der Waals surface area contributed by atoms with Gasteiger partial charge in [-0.2, -0.15) is 0 Å². The SMILES string of the molecule is CCC(CC)(c1ccccc1)C(NN)C1CCCOC1. The Morgan fingerprint density at radius 1 is 1.30 bits per heavy atom. The fourth-order valence-corrected chi connectivity index (χ4v) is 3.82. The number of nitrogens with one attached hydrogen (secondary N) is 1. The van der Waals surface area contributed by atoms with Gasteiger partial charge in [-0.3, -0.25) is 11.3 Å². The van der Waals surface area contributed by atoms with Gasteiger partial charge in [-0.05, 0) is 37.2 Å². The summed E-state index contributed by atoms with van der Waals surface area (Å²) in [5.41, 5.74) is 4.61. The highest BCUT2D eigenvalue weighted by molar-refractivity contribution is 5.28. The van der Waals surface area contributed by atoms with Crippen LogP contribution in [-0.4, -0.2) is 19.3 Å². The van der Waals surface area contributed by atoms with Crippen molar-refractivity contribution in [2.24, 2.45) is 11.8 Å². The zero-order valence-corrected chi connectivity index (χ0v) is 12.8. The molecule has 1 aromatic rings. The fourth-order valence-electron chi connectivity index (χ4n) is 3.82. The van der Waals surface area contributed by atoms with Crippen LogP contribution in [0.1, 0.15) is 45.1 Å². The van der Waals surface area contributed by atoms with Crippen molar-refractivity contribution in [2.45, 2.75) is 51.0 Å². The molecule has 2 atom stereocenters. The largest absolute Gasteiger partial charge is 0.381 e. The second-order valence-corrected chi connectivity index (χ2v) is 5.85. The predicted molar refractivity (Wildman–Crippen MR) is 83.4 cm³/mol.